The summed E-state index contributed by atoms with van der Waals surface area (Å²) in [4.78, 5) is 20.7. The van der Waals surface area contributed by atoms with Crippen LogP contribution in [0.2, 0.25) is 0 Å². The van der Waals surface area contributed by atoms with Crippen molar-refractivity contribution in [3.8, 4) is 17.0 Å². The minimum atomic E-state index is -0.674. The molecule has 4 rings (SSSR count). The monoisotopic (exact) mass is 497 g/mol. The van der Waals surface area contributed by atoms with Crippen LogP contribution in [0.4, 0.5) is 10.6 Å². The van der Waals surface area contributed by atoms with Crippen LogP contribution in [0.15, 0.2) is 29.7 Å². The summed E-state index contributed by atoms with van der Waals surface area (Å²) in [6.07, 6.45) is 4.36. The van der Waals surface area contributed by atoms with Gasteiger partial charge in [0.15, 0.2) is 0 Å². The van der Waals surface area contributed by atoms with E-state index >= 15 is 0 Å². The van der Waals surface area contributed by atoms with Crippen molar-refractivity contribution in [2.24, 2.45) is 5.16 Å². The highest BCUT2D eigenvalue weighted by Crippen LogP contribution is 2.45. The summed E-state index contributed by atoms with van der Waals surface area (Å²) in [5, 5.41) is 16.5. The van der Waals surface area contributed by atoms with E-state index in [0.29, 0.717) is 17.3 Å². The van der Waals surface area contributed by atoms with E-state index in [1.807, 2.05) is 66.7 Å². The number of amides is 1. The number of fused-ring (bicyclic) bond motifs is 3. The van der Waals surface area contributed by atoms with Crippen LogP contribution >= 0.6 is 0 Å². The molecule has 1 aromatic heterocycles. The minimum absolute atomic E-state index is 0.0334. The van der Waals surface area contributed by atoms with Crippen molar-refractivity contribution in [3.05, 3.63) is 35.7 Å². The summed E-state index contributed by atoms with van der Waals surface area (Å²) in [5.41, 5.74) is 8.55. The van der Waals surface area contributed by atoms with Gasteiger partial charge in [-0.05, 0) is 78.5 Å². The van der Waals surface area contributed by atoms with Gasteiger partial charge in [-0.1, -0.05) is 19.0 Å². The molecule has 0 unspecified atom stereocenters. The topological polar surface area (TPSA) is 132 Å². The Morgan fingerprint density at radius 2 is 1.81 bits per heavy atom. The molecule has 36 heavy (non-hydrogen) atoms. The molecule has 2 aliphatic rings. The molecule has 196 valence electrons. The van der Waals surface area contributed by atoms with Crippen molar-refractivity contribution in [2.75, 3.05) is 5.73 Å². The number of anilines is 1. The lowest BCUT2D eigenvalue weighted by atomic mass is 9.70. The Morgan fingerprint density at radius 3 is 2.42 bits per heavy atom. The zero-order valence-electron chi connectivity index (χ0n) is 22.4. The van der Waals surface area contributed by atoms with E-state index in [4.69, 9.17) is 15.2 Å². The summed E-state index contributed by atoms with van der Waals surface area (Å²) in [6.45, 7) is 13.4. The summed E-state index contributed by atoms with van der Waals surface area (Å²) in [5.74, 6) is 1.07. The number of nitrogen functional groups attached to an aromatic ring is 1. The summed E-state index contributed by atoms with van der Waals surface area (Å²) >= 11 is 0. The number of carbonyl (C=O) groups is 1. The van der Waals surface area contributed by atoms with Gasteiger partial charge in [-0.2, -0.15) is 0 Å². The molecule has 1 amide bonds. The molecule has 2 aliphatic carbocycles. The second kappa shape index (κ2) is 10.7. The Kier molecular flexibility index (Phi) is 8.11. The molecule has 9 heteroatoms. The van der Waals surface area contributed by atoms with Crippen molar-refractivity contribution in [3.63, 3.8) is 0 Å². The number of nitrogens with two attached hydrogens (primary N) is 1. The van der Waals surface area contributed by atoms with Crippen LogP contribution in [-0.4, -0.2) is 44.7 Å². The van der Waals surface area contributed by atoms with Gasteiger partial charge < -0.3 is 25.7 Å². The normalized spacial score (nSPS) is 21.4. The third-order valence-corrected chi connectivity index (χ3v) is 6.39. The van der Waals surface area contributed by atoms with Crippen LogP contribution in [-0.2, 0) is 10.2 Å². The zero-order chi connectivity index (χ0) is 26.7. The number of aromatic nitrogens is 2. The smallest absolute Gasteiger partial charge is 0.407 e. The molecule has 1 heterocycles. The Bertz CT molecular complexity index is 1120. The first-order valence-electron chi connectivity index (χ1n) is 12.6. The first-order valence-corrected chi connectivity index (χ1v) is 12.6. The average molecular weight is 498 g/mol. The van der Waals surface area contributed by atoms with Crippen LogP contribution < -0.4 is 15.8 Å². The van der Waals surface area contributed by atoms with Crippen LogP contribution in [0.5, 0.6) is 5.75 Å². The lowest BCUT2D eigenvalue weighted by molar-refractivity contribution is 0.0471. The molecule has 9 nitrogen and oxygen atoms in total. The van der Waals surface area contributed by atoms with Crippen molar-refractivity contribution in [1.29, 1.82) is 0 Å². The van der Waals surface area contributed by atoms with Crippen LogP contribution in [0.1, 0.15) is 85.3 Å². The van der Waals surface area contributed by atoms with Gasteiger partial charge in [0.25, 0.3) is 0 Å². The van der Waals surface area contributed by atoms with Crippen LogP contribution in [0.25, 0.3) is 11.3 Å². The number of ether oxygens (including phenoxy) is 2. The van der Waals surface area contributed by atoms with Crippen molar-refractivity contribution in [1.82, 2.24) is 15.3 Å². The molecule has 1 aromatic carbocycles. The fourth-order valence-corrected chi connectivity index (χ4v) is 4.84. The molecule has 1 fully saturated rings. The predicted molar refractivity (Wildman–Crippen MR) is 141 cm³/mol. The first kappa shape index (κ1) is 27.2. The summed E-state index contributed by atoms with van der Waals surface area (Å²) in [7, 11) is 0. The third-order valence-electron chi connectivity index (χ3n) is 6.39. The van der Waals surface area contributed by atoms with E-state index < -0.39 is 11.0 Å². The van der Waals surface area contributed by atoms with Crippen molar-refractivity contribution >= 4 is 17.6 Å². The van der Waals surface area contributed by atoms with Crippen LogP contribution in [0, 0.1) is 0 Å². The molecule has 0 bridgehead atoms. The average Bonchev–Trinajstić information content (AvgIpc) is 2.80. The lowest BCUT2D eigenvalue weighted by Gasteiger charge is -2.35. The summed E-state index contributed by atoms with van der Waals surface area (Å²) in [6, 6.07) is 5.80. The van der Waals surface area contributed by atoms with Crippen LogP contribution in [0.3, 0.4) is 0 Å². The van der Waals surface area contributed by atoms with Gasteiger partial charge >= 0.3 is 6.09 Å². The fourth-order valence-electron chi connectivity index (χ4n) is 4.84. The fraction of sp³-hybridized carbons (Fsp3) is 0.556. The number of oxime groups is 1. The molecule has 0 radical (unpaired) electrons. The Balaban J connectivity index is 0.00000176. The second-order valence-electron chi connectivity index (χ2n) is 10.5. The quantitative estimate of drug-likeness (QED) is 0.380. The number of carbonyl (C=O) groups excluding carboxylic acids is 1. The highest BCUT2D eigenvalue weighted by atomic mass is 16.6. The molecule has 0 atom stereocenters. The van der Waals surface area contributed by atoms with Crippen molar-refractivity contribution < 1.29 is 19.5 Å². The van der Waals surface area contributed by atoms with E-state index in [9.17, 15) is 10.0 Å². The molecule has 0 spiro atoms. The van der Waals surface area contributed by atoms with Gasteiger partial charge in [0.1, 0.15) is 23.5 Å². The maximum atomic E-state index is 12.0. The van der Waals surface area contributed by atoms with Gasteiger partial charge in [0.2, 0.25) is 0 Å². The number of benzene rings is 1. The van der Waals surface area contributed by atoms with Gasteiger partial charge in [-0.3, -0.25) is 0 Å². The van der Waals surface area contributed by atoms with E-state index in [-0.39, 0.29) is 18.2 Å². The molecular formula is C27H39N5O4. The van der Waals surface area contributed by atoms with Gasteiger partial charge in [0, 0.05) is 28.1 Å². The zero-order valence-corrected chi connectivity index (χ0v) is 22.4. The van der Waals surface area contributed by atoms with Gasteiger partial charge in [-0.15, -0.1) is 0 Å². The third kappa shape index (κ3) is 5.71. The number of nitrogens with zero attached hydrogens (tertiary/aromatic N) is 3. The Morgan fingerprint density at radius 1 is 1.14 bits per heavy atom. The first-order chi connectivity index (χ1) is 17.0. The number of alkyl carbamates (subject to hydrolysis) is 1. The SMILES string of the molecule is CC.CC(C)(C)OC(=O)NC1CCC(Oc2ccc3c(c2)/C(=N\O)C(C)(C)c2c(N)ncnc2-3)CC1. The molecule has 1 saturated carbocycles. The number of rotatable bonds is 3. The van der Waals surface area contributed by atoms with E-state index in [2.05, 4.69) is 20.4 Å². The Hall–Kier alpha value is -3.36. The standard InChI is InChI=1S/C25H33N5O4.C2H6/c1-24(2,3)34-23(31)29-14-6-8-15(9-7-14)33-16-10-11-17-18(12-16)21(30-32)25(4,5)19-20(17)27-13-28-22(19)26;1-2/h10-15,32H,6-9H2,1-5H3,(H,29,31)(H2,26,27,28);1-2H3/b30-21+;. The van der Waals surface area contributed by atoms with Crippen molar-refractivity contribution in [2.45, 2.75) is 97.3 Å². The molecule has 0 saturated heterocycles. The number of nitrogens with one attached hydrogen (secondary N) is 1. The molecule has 2 aromatic rings. The van der Waals surface area contributed by atoms with Gasteiger partial charge in [0.05, 0.1) is 17.5 Å². The Labute approximate surface area is 213 Å². The largest absolute Gasteiger partial charge is 0.490 e. The molecular weight excluding hydrogens is 458 g/mol. The number of hydrogen-bond donors (Lipinski definition) is 3. The lowest BCUT2D eigenvalue weighted by Crippen LogP contribution is -2.42. The second-order valence-corrected chi connectivity index (χ2v) is 10.5. The maximum Gasteiger partial charge on any atom is 0.407 e. The van der Waals surface area contributed by atoms with E-state index in [1.54, 1.807) is 0 Å². The highest BCUT2D eigenvalue weighted by Gasteiger charge is 2.41. The highest BCUT2D eigenvalue weighted by molar-refractivity contribution is 6.15. The van der Waals surface area contributed by atoms with Gasteiger partial charge in [-0.25, -0.2) is 14.8 Å². The number of hydrogen-bond acceptors (Lipinski definition) is 8. The molecule has 4 N–H and O–H groups in total. The summed E-state index contributed by atoms with van der Waals surface area (Å²) < 4.78 is 11.6. The van der Waals surface area contributed by atoms with E-state index in [1.165, 1.54) is 6.33 Å². The molecule has 0 aliphatic heterocycles. The minimum Gasteiger partial charge on any atom is -0.490 e. The maximum absolute atomic E-state index is 12.0. The predicted octanol–water partition coefficient (Wildman–Crippen LogP) is 5.44. The van der Waals surface area contributed by atoms with E-state index in [0.717, 1.165) is 48.1 Å².